The van der Waals surface area contributed by atoms with Crippen molar-refractivity contribution in [2.45, 2.75) is 18.6 Å². The summed E-state index contributed by atoms with van der Waals surface area (Å²) < 4.78 is 48.7. The molecule has 8 nitrogen and oxygen atoms in total. The number of hydrogen-bond acceptors (Lipinski definition) is 6. The quantitative estimate of drug-likeness (QED) is 0.463. The zero-order chi connectivity index (χ0) is 24.2. The molecule has 0 aliphatic carbocycles. The lowest BCUT2D eigenvalue weighted by molar-refractivity contribution is -0.137. The lowest BCUT2D eigenvalue weighted by Crippen LogP contribution is -2.46. The SMILES string of the molecule is COc1ccc2c(CC(=O)NC(CO)C(=O)Nc3cccc(C(F)(F)F)c3)cc(=O)oc2c1. The highest BCUT2D eigenvalue weighted by Gasteiger charge is 2.30. The third-order valence-corrected chi connectivity index (χ3v) is 4.68. The van der Waals surface area contributed by atoms with Crippen LogP contribution in [-0.4, -0.2) is 36.7 Å². The molecule has 1 heterocycles. The molecular weight excluding hydrogens is 445 g/mol. The maximum atomic E-state index is 12.8. The Bertz CT molecular complexity index is 1240. The third kappa shape index (κ3) is 5.89. The first kappa shape index (κ1) is 23.8. The van der Waals surface area contributed by atoms with E-state index in [0.29, 0.717) is 16.7 Å². The van der Waals surface area contributed by atoms with Crippen molar-refractivity contribution < 1.29 is 37.0 Å². The van der Waals surface area contributed by atoms with Crippen LogP contribution in [0.1, 0.15) is 11.1 Å². The van der Waals surface area contributed by atoms with Crippen molar-refractivity contribution in [3.8, 4) is 5.75 Å². The molecule has 0 radical (unpaired) electrons. The van der Waals surface area contributed by atoms with Gasteiger partial charge in [0.2, 0.25) is 11.8 Å². The number of hydrogen-bond donors (Lipinski definition) is 3. The number of aliphatic hydroxyl groups is 1. The number of aliphatic hydroxyl groups excluding tert-OH is 1. The highest BCUT2D eigenvalue weighted by atomic mass is 19.4. The van der Waals surface area contributed by atoms with Crippen LogP contribution in [0.5, 0.6) is 5.75 Å². The first-order valence-electron chi connectivity index (χ1n) is 9.60. The van der Waals surface area contributed by atoms with Crippen LogP contribution in [0, 0.1) is 0 Å². The Balaban J connectivity index is 1.73. The van der Waals surface area contributed by atoms with Gasteiger partial charge < -0.3 is 24.9 Å². The molecule has 11 heteroatoms. The Kier molecular flexibility index (Phi) is 7.02. The number of amides is 2. The van der Waals surface area contributed by atoms with E-state index in [1.807, 2.05) is 0 Å². The number of halogens is 3. The van der Waals surface area contributed by atoms with Crippen molar-refractivity contribution in [3.05, 3.63) is 70.1 Å². The zero-order valence-electron chi connectivity index (χ0n) is 17.2. The molecule has 33 heavy (non-hydrogen) atoms. The van der Waals surface area contributed by atoms with Crippen molar-refractivity contribution in [2.75, 3.05) is 19.0 Å². The standard InChI is InChI=1S/C22H19F3N2O6/c1-32-15-5-6-16-12(8-20(30)33-18(16)10-15)7-19(29)27-17(11-28)21(31)26-14-4-2-3-13(9-14)22(23,24)25/h2-6,8-10,17,28H,7,11H2,1H3,(H,26,31)(H,27,29). The summed E-state index contributed by atoms with van der Waals surface area (Å²) in [5, 5.41) is 14.5. The van der Waals surface area contributed by atoms with Crippen molar-refractivity contribution in [1.82, 2.24) is 5.32 Å². The number of carbonyl (C=O) groups is 2. The highest BCUT2D eigenvalue weighted by molar-refractivity contribution is 5.98. The second-order valence-electron chi connectivity index (χ2n) is 7.00. The van der Waals surface area contributed by atoms with Gasteiger partial charge in [0.1, 0.15) is 17.4 Å². The molecule has 1 atom stereocenters. The second kappa shape index (κ2) is 9.74. The fraction of sp³-hybridized carbons (Fsp3) is 0.227. The molecule has 0 saturated carbocycles. The minimum absolute atomic E-state index is 0.150. The van der Waals surface area contributed by atoms with E-state index >= 15 is 0 Å². The second-order valence-corrected chi connectivity index (χ2v) is 7.00. The number of nitrogens with one attached hydrogen (secondary N) is 2. The minimum atomic E-state index is -4.60. The summed E-state index contributed by atoms with van der Waals surface area (Å²) in [6, 6.07) is 8.33. The normalized spacial score (nSPS) is 12.3. The molecule has 2 aromatic carbocycles. The van der Waals surface area contributed by atoms with Crippen molar-refractivity contribution in [3.63, 3.8) is 0 Å². The smallest absolute Gasteiger partial charge is 0.416 e. The van der Waals surface area contributed by atoms with E-state index in [2.05, 4.69) is 10.6 Å². The third-order valence-electron chi connectivity index (χ3n) is 4.68. The predicted octanol–water partition coefficient (Wildman–Crippen LogP) is 2.48. The number of fused-ring (bicyclic) bond motifs is 1. The number of rotatable bonds is 7. The Morgan fingerprint density at radius 2 is 1.91 bits per heavy atom. The molecule has 1 unspecified atom stereocenters. The fourth-order valence-electron chi connectivity index (χ4n) is 3.10. The molecular formula is C22H19F3N2O6. The molecule has 3 N–H and O–H groups in total. The molecule has 174 valence electrons. The van der Waals surface area contributed by atoms with E-state index in [1.54, 1.807) is 12.1 Å². The van der Waals surface area contributed by atoms with Crippen molar-refractivity contribution in [1.29, 1.82) is 0 Å². The number of carbonyl (C=O) groups excluding carboxylic acids is 2. The first-order chi connectivity index (χ1) is 15.6. The molecule has 0 aliphatic rings. The Labute approximate surface area is 185 Å². The summed E-state index contributed by atoms with van der Waals surface area (Å²) >= 11 is 0. The van der Waals surface area contributed by atoms with Crippen molar-refractivity contribution >= 4 is 28.5 Å². The van der Waals surface area contributed by atoms with Crippen molar-refractivity contribution in [2.24, 2.45) is 0 Å². The number of methoxy groups -OCH3 is 1. The number of benzene rings is 2. The van der Waals surface area contributed by atoms with Crippen LogP contribution in [-0.2, 0) is 22.2 Å². The largest absolute Gasteiger partial charge is 0.497 e. The van der Waals surface area contributed by atoms with Gasteiger partial charge in [-0.15, -0.1) is 0 Å². The van der Waals surface area contributed by atoms with E-state index in [0.717, 1.165) is 24.3 Å². The first-order valence-corrected chi connectivity index (χ1v) is 9.60. The molecule has 2 amide bonds. The molecule has 3 rings (SSSR count). The summed E-state index contributed by atoms with van der Waals surface area (Å²) in [4.78, 5) is 36.7. The minimum Gasteiger partial charge on any atom is -0.497 e. The van der Waals surface area contributed by atoms with Crippen LogP contribution >= 0.6 is 0 Å². The number of anilines is 1. The van der Waals surface area contributed by atoms with Gasteiger partial charge in [-0.25, -0.2) is 4.79 Å². The lowest BCUT2D eigenvalue weighted by Gasteiger charge is -2.17. The average molecular weight is 464 g/mol. The summed E-state index contributed by atoms with van der Waals surface area (Å²) in [5.74, 6) is -1.16. The lowest BCUT2D eigenvalue weighted by atomic mass is 10.1. The summed E-state index contributed by atoms with van der Waals surface area (Å²) in [5.41, 5.74) is -1.29. The van der Waals surface area contributed by atoms with E-state index < -0.39 is 41.8 Å². The van der Waals surface area contributed by atoms with Gasteiger partial charge in [0.05, 0.1) is 25.7 Å². The van der Waals surface area contributed by atoms with E-state index in [4.69, 9.17) is 9.15 Å². The van der Waals surface area contributed by atoms with Crippen LogP contribution in [0.4, 0.5) is 18.9 Å². The van der Waals surface area contributed by atoms with E-state index in [1.165, 1.54) is 19.2 Å². The summed E-state index contributed by atoms with van der Waals surface area (Å²) in [6.07, 6.45) is -4.91. The van der Waals surface area contributed by atoms with Crippen LogP contribution in [0.2, 0.25) is 0 Å². The van der Waals surface area contributed by atoms with Gasteiger partial charge in [-0.1, -0.05) is 6.07 Å². The zero-order valence-corrected chi connectivity index (χ0v) is 17.2. The van der Waals surface area contributed by atoms with Gasteiger partial charge in [0.15, 0.2) is 0 Å². The Hall–Kier alpha value is -3.86. The van der Waals surface area contributed by atoms with Gasteiger partial charge in [0, 0.05) is 23.2 Å². The summed E-state index contributed by atoms with van der Waals surface area (Å²) in [7, 11) is 1.44. The van der Waals surface area contributed by atoms with Gasteiger partial charge in [-0.3, -0.25) is 9.59 Å². The van der Waals surface area contributed by atoms with E-state index in [-0.39, 0.29) is 17.7 Å². The number of alkyl halides is 3. The Morgan fingerprint density at radius 1 is 1.15 bits per heavy atom. The predicted molar refractivity (Wildman–Crippen MR) is 112 cm³/mol. The van der Waals surface area contributed by atoms with Crippen LogP contribution in [0.25, 0.3) is 11.0 Å². The highest BCUT2D eigenvalue weighted by Crippen LogP contribution is 2.30. The topological polar surface area (TPSA) is 118 Å². The van der Waals surface area contributed by atoms with E-state index in [9.17, 15) is 32.7 Å². The number of ether oxygens (including phenoxy) is 1. The maximum Gasteiger partial charge on any atom is 0.416 e. The maximum absolute atomic E-state index is 12.8. The van der Waals surface area contributed by atoms with Gasteiger partial charge in [-0.2, -0.15) is 13.2 Å². The summed E-state index contributed by atoms with van der Waals surface area (Å²) in [6.45, 7) is -0.800. The fourth-order valence-corrected chi connectivity index (χ4v) is 3.10. The van der Waals surface area contributed by atoms with Crippen LogP contribution in [0.3, 0.4) is 0 Å². The molecule has 0 aliphatic heterocycles. The van der Waals surface area contributed by atoms with Crippen LogP contribution in [0.15, 0.2) is 57.7 Å². The molecule has 0 saturated heterocycles. The van der Waals surface area contributed by atoms with Gasteiger partial charge in [0.25, 0.3) is 0 Å². The molecule has 0 spiro atoms. The Morgan fingerprint density at radius 3 is 2.58 bits per heavy atom. The average Bonchev–Trinajstić information content (AvgIpc) is 2.76. The van der Waals surface area contributed by atoms with Crippen LogP contribution < -0.4 is 21.0 Å². The molecule has 0 bridgehead atoms. The molecule has 3 aromatic rings. The molecule has 0 fully saturated rings. The monoisotopic (exact) mass is 464 g/mol. The molecule has 1 aromatic heterocycles. The van der Waals surface area contributed by atoms with Gasteiger partial charge >= 0.3 is 11.8 Å². The van der Waals surface area contributed by atoms with Gasteiger partial charge in [-0.05, 0) is 35.9 Å².